The van der Waals surface area contributed by atoms with Gasteiger partial charge in [-0.1, -0.05) is 32.9 Å². The molecule has 1 aromatic carbocycles. The molecule has 2 saturated heterocycles. The number of likely N-dealkylation sites (tertiary alicyclic amines) is 2. The molecule has 2 unspecified atom stereocenters. The van der Waals surface area contributed by atoms with Crippen LogP contribution in [0.4, 0.5) is 0 Å². The van der Waals surface area contributed by atoms with Crippen molar-refractivity contribution in [1.82, 2.24) is 9.80 Å². The highest BCUT2D eigenvalue weighted by Crippen LogP contribution is 2.57. The van der Waals surface area contributed by atoms with Crippen LogP contribution < -0.4 is 0 Å². The van der Waals surface area contributed by atoms with Gasteiger partial charge in [-0.3, -0.25) is 9.69 Å². The molecule has 2 fully saturated rings. The highest BCUT2D eigenvalue weighted by atomic mass is 16.3. The molecule has 2 bridgehead atoms. The fraction of sp³-hybridized carbons (Fsp3) is 0.667. The van der Waals surface area contributed by atoms with Crippen molar-refractivity contribution >= 4 is 5.91 Å². The van der Waals surface area contributed by atoms with Crippen molar-refractivity contribution < 1.29 is 9.90 Å². The molecule has 1 N–H and O–H groups in total. The third-order valence-corrected chi connectivity index (χ3v) is 7.72. The minimum Gasteiger partial charge on any atom is -0.508 e. The van der Waals surface area contributed by atoms with Crippen molar-refractivity contribution in [3.8, 4) is 5.75 Å². The summed E-state index contributed by atoms with van der Waals surface area (Å²) >= 11 is 0. The number of phenolic OH excluding ortho intramolecular Hbond substituents is 1. The average Bonchev–Trinajstić information content (AvgIpc) is 2.97. The predicted molar refractivity (Wildman–Crippen MR) is 98.7 cm³/mol. The molecule has 1 aliphatic carbocycles. The van der Waals surface area contributed by atoms with Gasteiger partial charge in [-0.2, -0.15) is 0 Å². The van der Waals surface area contributed by atoms with Crippen LogP contribution in [-0.2, 0) is 16.6 Å². The Morgan fingerprint density at radius 2 is 2.00 bits per heavy atom. The van der Waals surface area contributed by atoms with Crippen molar-refractivity contribution in [1.29, 1.82) is 0 Å². The van der Waals surface area contributed by atoms with E-state index in [0.29, 0.717) is 11.7 Å². The second-order valence-electron chi connectivity index (χ2n) is 9.00. The number of phenols is 1. The number of aromatic hydroxyl groups is 1. The van der Waals surface area contributed by atoms with Crippen LogP contribution in [0.25, 0.3) is 0 Å². The van der Waals surface area contributed by atoms with Gasteiger partial charge in [0.2, 0.25) is 5.91 Å². The summed E-state index contributed by atoms with van der Waals surface area (Å²) in [5.74, 6) is 0.676. The number of carbonyl (C=O) groups excluding carboxylic acids is 1. The number of hydrogen-bond acceptors (Lipinski definition) is 3. The maximum absolute atomic E-state index is 13.3. The molecule has 1 amide bonds. The fourth-order valence-corrected chi connectivity index (χ4v) is 5.60. The number of nitrogens with zero attached hydrogens (tertiary/aromatic N) is 2. The zero-order valence-corrected chi connectivity index (χ0v) is 15.9. The minimum atomic E-state index is -0.0150. The zero-order valence-electron chi connectivity index (χ0n) is 15.9. The van der Waals surface area contributed by atoms with E-state index in [1.165, 1.54) is 5.56 Å². The Bertz CT molecular complexity index is 714. The van der Waals surface area contributed by atoms with E-state index < -0.39 is 0 Å². The van der Waals surface area contributed by atoms with Crippen LogP contribution in [0.5, 0.6) is 5.75 Å². The standard InChI is InChI=1S/C21H30N2O2/c1-20(2)18-13-14-15(7-5-9-17(14)24)21(20,3)10-12-23(18)19(25)16-8-6-11-22(16)4/h5,7,9,16,18,24H,6,8,10-13H2,1-4H3/t16?,18?,21-/m0/s1. The van der Waals surface area contributed by atoms with Gasteiger partial charge in [0.25, 0.3) is 0 Å². The first-order valence-electron chi connectivity index (χ1n) is 9.59. The lowest BCUT2D eigenvalue weighted by Crippen LogP contribution is -2.66. The molecule has 0 radical (unpaired) electrons. The summed E-state index contributed by atoms with van der Waals surface area (Å²) in [6.07, 6.45) is 3.79. The SMILES string of the molecule is CN1CCCC1C(=O)N1CC[C@@]2(C)c3cccc(O)c3CC1C2(C)C. The minimum absolute atomic E-state index is 0.0116. The smallest absolute Gasteiger partial charge is 0.240 e. The second-order valence-corrected chi connectivity index (χ2v) is 9.00. The normalized spacial score (nSPS) is 34.0. The molecular formula is C21H30N2O2. The third kappa shape index (κ3) is 2.19. The van der Waals surface area contributed by atoms with Gasteiger partial charge in [0.1, 0.15) is 5.75 Å². The van der Waals surface area contributed by atoms with Crippen LogP contribution >= 0.6 is 0 Å². The maximum atomic E-state index is 13.3. The molecule has 4 nitrogen and oxygen atoms in total. The number of fused-ring (bicyclic) bond motifs is 4. The molecule has 3 aliphatic rings. The molecule has 25 heavy (non-hydrogen) atoms. The zero-order chi connectivity index (χ0) is 18.0. The van der Waals surface area contributed by atoms with Crippen LogP contribution in [0.15, 0.2) is 18.2 Å². The number of piperidine rings is 1. The Morgan fingerprint density at radius 1 is 1.24 bits per heavy atom. The van der Waals surface area contributed by atoms with Gasteiger partial charge in [-0.25, -0.2) is 0 Å². The van der Waals surface area contributed by atoms with Crippen LogP contribution in [0.2, 0.25) is 0 Å². The Balaban J connectivity index is 1.75. The van der Waals surface area contributed by atoms with Gasteiger partial charge >= 0.3 is 0 Å². The van der Waals surface area contributed by atoms with Gasteiger partial charge in [0.15, 0.2) is 0 Å². The molecule has 1 aromatic rings. The largest absolute Gasteiger partial charge is 0.508 e. The predicted octanol–water partition coefficient (Wildman–Crippen LogP) is 2.93. The monoisotopic (exact) mass is 342 g/mol. The van der Waals surface area contributed by atoms with E-state index in [0.717, 1.165) is 44.3 Å². The number of carbonyl (C=O) groups is 1. The number of likely N-dealkylation sites (N-methyl/N-ethyl adjacent to an activating group) is 1. The molecule has 3 atom stereocenters. The van der Waals surface area contributed by atoms with Crippen molar-refractivity contribution in [2.75, 3.05) is 20.1 Å². The lowest BCUT2D eigenvalue weighted by atomic mass is 9.51. The summed E-state index contributed by atoms with van der Waals surface area (Å²) in [4.78, 5) is 17.7. The highest BCUT2D eigenvalue weighted by Gasteiger charge is 2.57. The summed E-state index contributed by atoms with van der Waals surface area (Å²) in [6.45, 7) is 8.77. The van der Waals surface area contributed by atoms with Gasteiger partial charge in [0.05, 0.1) is 6.04 Å². The first-order valence-corrected chi connectivity index (χ1v) is 9.59. The quantitative estimate of drug-likeness (QED) is 0.853. The first kappa shape index (κ1) is 16.9. The van der Waals surface area contributed by atoms with Crippen molar-refractivity contribution in [3.05, 3.63) is 29.3 Å². The number of rotatable bonds is 1. The van der Waals surface area contributed by atoms with Gasteiger partial charge in [-0.05, 0) is 61.9 Å². The molecule has 136 valence electrons. The lowest BCUT2D eigenvalue weighted by Gasteiger charge is -2.61. The van der Waals surface area contributed by atoms with E-state index in [1.54, 1.807) is 6.07 Å². The molecule has 0 aromatic heterocycles. The van der Waals surface area contributed by atoms with E-state index in [1.807, 2.05) is 6.07 Å². The van der Waals surface area contributed by atoms with E-state index in [2.05, 4.69) is 43.7 Å². The van der Waals surface area contributed by atoms with Gasteiger partial charge in [0, 0.05) is 18.0 Å². The van der Waals surface area contributed by atoms with E-state index in [-0.39, 0.29) is 22.9 Å². The van der Waals surface area contributed by atoms with E-state index >= 15 is 0 Å². The summed E-state index contributed by atoms with van der Waals surface area (Å²) < 4.78 is 0. The molecule has 0 spiro atoms. The molecule has 0 saturated carbocycles. The fourth-order valence-electron chi connectivity index (χ4n) is 5.60. The lowest BCUT2D eigenvalue weighted by molar-refractivity contribution is -0.148. The number of amides is 1. The number of hydrogen-bond donors (Lipinski definition) is 1. The first-order chi connectivity index (χ1) is 11.8. The van der Waals surface area contributed by atoms with Crippen LogP contribution in [0.1, 0.15) is 51.2 Å². The summed E-state index contributed by atoms with van der Waals surface area (Å²) in [5, 5.41) is 10.5. The summed E-state index contributed by atoms with van der Waals surface area (Å²) in [5.41, 5.74) is 2.30. The molecule has 2 aliphatic heterocycles. The Morgan fingerprint density at radius 3 is 2.68 bits per heavy atom. The van der Waals surface area contributed by atoms with Crippen molar-refractivity contribution in [2.24, 2.45) is 5.41 Å². The summed E-state index contributed by atoms with van der Waals surface area (Å²) in [6, 6.07) is 6.10. The van der Waals surface area contributed by atoms with Gasteiger partial charge in [-0.15, -0.1) is 0 Å². The molecule has 4 heteroatoms. The van der Waals surface area contributed by atoms with E-state index in [4.69, 9.17) is 0 Å². The second kappa shape index (κ2) is 5.47. The van der Waals surface area contributed by atoms with Crippen molar-refractivity contribution in [3.63, 3.8) is 0 Å². The highest BCUT2D eigenvalue weighted by molar-refractivity contribution is 5.83. The topological polar surface area (TPSA) is 43.8 Å². The average molecular weight is 342 g/mol. The maximum Gasteiger partial charge on any atom is 0.240 e. The number of benzene rings is 1. The third-order valence-electron chi connectivity index (χ3n) is 7.72. The molecule has 2 heterocycles. The Labute approximate surface area is 150 Å². The van der Waals surface area contributed by atoms with E-state index in [9.17, 15) is 9.90 Å². The molecular weight excluding hydrogens is 312 g/mol. The Kier molecular flexibility index (Phi) is 3.70. The van der Waals surface area contributed by atoms with Crippen molar-refractivity contribution in [2.45, 2.75) is 64.0 Å². The Hall–Kier alpha value is -1.55. The van der Waals surface area contributed by atoms with Crippen LogP contribution in [-0.4, -0.2) is 53.0 Å². The summed E-state index contributed by atoms with van der Waals surface area (Å²) in [7, 11) is 2.07. The van der Waals surface area contributed by atoms with Crippen LogP contribution in [0.3, 0.4) is 0 Å². The molecule has 4 rings (SSSR count). The van der Waals surface area contributed by atoms with Gasteiger partial charge < -0.3 is 10.0 Å². The van der Waals surface area contributed by atoms with Crippen LogP contribution in [0, 0.1) is 5.41 Å².